The molecule has 2 fully saturated rings. The molecule has 0 spiro atoms. The molecule has 2 rings (SSSR count). The second-order valence-electron chi connectivity index (χ2n) is 5.44. The number of likely N-dealkylation sites (tertiary alicyclic amines) is 1. The summed E-state index contributed by atoms with van der Waals surface area (Å²) in [5.41, 5.74) is 0. The standard InChI is InChI=1S/C12H23NO4/c1-3-4-5-13-7-9(14)10(15)11-8(13)6-12(2,16)17-11/h8-11,14-16H,3-7H2,1-2H3/t8-,9-,10-,11+,12-/m1/s1. The lowest BCUT2D eigenvalue weighted by molar-refractivity contribution is -0.213. The maximum Gasteiger partial charge on any atom is 0.164 e. The molecule has 3 N–H and O–H groups in total. The van der Waals surface area contributed by atoms with Crippen LogP contribution in [0.25, 0.3) is 0 Å². The van der Waals surface area contributed by atoms with Crippen molar-refractivity contribution in [2.24, 2.45) is 0 Å². The third kappa shape index (κ3) is 2.63. The van der Waals surface area contributed by atoms with Crippen LogP contribution in [-0.4, -0.2) is 63.4 Å². The molecule has 5 nitrogen and oxygen atoms in total. The zero-order chi connectivity index (χ0) is 12.6. The van der Waals surface area contributed by atoms with Crippen LogP contribution in [-0.2, 0) is 4.74 Å². The van der Waals surface area contributed by atoms with Crippen LogP contribution in [0.2, 0.25) is 0 Å². The third-order valence-electron chi connectivity index (χ3n) is 3.78. The minimum absolute atomic E-state index is 0.00921. The number of ether oxygens (including phenoxy) is 1. The Morgan fingerprint density at radius 3 is 2.76 bits per heavy atom. The fourth-order valence-electron chi connectivity index (χ4n) is 2.88. The van der Waals surface area contributed by atoms with E-state index in [-0.39, 0.29) is 6.04 Å². The van der Waals surface area contributed by atoms with Crippen molar-refractivity contribution in [1.29, 1.82) is 0 Å². The highest BCUT2D eigenvalue weighted by atomic mass is 16.6. The van der Waals surface area contributed by atoms with Crippen molar-refractivity contribution in [1.82, 2.24) is 4.90 Å². The first-order chi connectivity index (χ1) is 7.94. The molecule has 17 heavy (non-hydrogen) atoms. The number of aliphatic hydroxyl groups excluding tert-OH is 2. The smallest absolute Gasteiger partial charge is 0.164 e. The van der Waals surface area contributed by atoms with Gasteiger partial charge in [0.05, 0.1) is 6.10 Å². The lowest BCUT2D eigenvalue weighted by Gasteiger charge is -2.41. The molecular formula is C12H23NO4. The lowest BCUT2D eigenvalue weighted by atomic mass is 9.92. The molecule has 0 bridgehead atoms. The summed E-state index contributed by atoms with van der Waals surface area (Å²) in [5, 5.41) is 29.7. The van der Waals surface area contributed by atoms with Crippen LogP contribution in [0.5, 0.6) is 0 Å². The zero-order valence-corrected chi connectivity index (χ0v) is 10.5. The second kappa shape index (κ2) is 4.82. The molecule has 2 aliphatic heterocycles. The molecule has 0 aromatic carbocycles. The lowest BCUT2D eigenvalue weighted by Crippen LogP contribution is -2.59. The van der Waals surface area contributed by atoms with Gasteiger partial charge in [-0.1, -0.05) is 13.3 Å². The van der Waals surface area contributed by atoms with Crippen molar-refractivity contribution < 1.29 is 20.1 Å². The summed E-state index contributed by atoms with van der Waals surface area (Å²) in [6.07, 6.45) is 0.461. The van der Waals surface area contributed by atoms with Crippen molar-refractivity contribution in [3.8, 4) is 0 Å². The molecular weight excluding hydrogens is 222 g/mol. The number of nitrogens with zero attached hydrogens (tertiary/aromatic N) is 1. The molecule has 0 amide bonds. The predicted octanol–water partition coefficient (Wildman–Crippen LogP) is -0.310. The fourth-order valence-corrected chi connectivity index (χ4v) is 2.88. The van der Waals surface area contributed by atoms with Gasteiger partial charge in [0.25, 0.3) is 0 Å². The van der Waals surface area contributed by atoms with Gasteiger partial charge in [0.1, 0.15) is 12.2 Å². The SMILES string of the molecule is CCCCN1C[C@@H](O)[C@@H](O)[C@H]2O[C@@](C)(O)C[C@H]21. The van der Waals surface area contributed by atoms with Crippen LogP contribution < -0.4 is 0 Å². The number of β-amino-alcohol motifs (C(OH)–C–C–N with tert-alkyl or cyclic N) is 1. The summed E-state index contributed by atoms with van der Waals surface area (Å²) in [5.74, 6) is -1.19. The Morgan fingerprint density at radius 2 is 2.12 bits per heavy atom. The number of hydrogen-bond acceptors (Lipinski definition) is 5. The largest absolute Gasteiger partial charge is 0.389 e. The summed E-state index contributed by atoms with van der Waals surface area (Å²) in [6.45, 7) is 5.07. The van der Waals surface area contributed by atoms with Crippen LogP contribution >= 0.6 is 0 Å². The van der Waals surface area contributed by atoms with Gasteiger partial charge in [0.2, 0.25) is 0 Å². The van der Waals surface area contributed by atoms with Gasteiger partial charge in [0, 0.05) is 19.0 Å². The first-order valence-corrected chi connectivity index (χ1v) is 6.45. The Kier molecular flexibility index (Phi) is 3.75. The number of fused-ring (bicyclic) bond motifs is 1. The van der Waals surface area contributed by atoms with E-state index in [1.54, 1.807) is 6.92 Å². The minimum Gasteiger partial charge on any atom is -0.389 e. The molecule has 5 atom stereocenters. The summed E-state index contributed by atoms with van der Waals surface area (Å²) >= 11 is 0. The Labute approximate surface area is 102 Å². The number of unbranched alkanes of at least 4 members (excludes halogenated alkanes) is 1. The molecule has 0 aromatic rings. The van der Waals surface area contributed by atoms with E-state index in [9.17, 15) is 15.3 Å². The van der Waals surface area contributed by atoms with Crippen molar-refractivity contribution >= 4 is 0 Å². The molecule has 0 aliphatic carbocycles. The van der Waals surface area contributed by atoms with Gasteiger partial charge >= 0.3 is 0 Å². The number of hydrogen-bond donors (Lipinski definition) is 3. The highest BCUT2D eigenvalue weighted by Crippen LogP contribution is 2.36. The maximum atomic E-state index is 9.93. The number of aliphatic hydroxyl groups is 3. The molecule has 2 saturated heterocycles. The van der Waals surface area contributed by atoms with Gasteiger partial charge in [-0.15, -0.1) is 0 Å². The number of rotatable bonds is 3. The Hall–Kier alpha value is -0.200. The van der Waals surface area contributed by atoms with E-state index in [4.69, 9.17) is 4.74 Å². The normalized spacial score (nSPS) is 47.1. The number of piperidine rings is 1. The van der Waals surface area contributed by atoms with E-state index in [1.165, 1.54) is 0 Å². The van der Waals surface area contributed by atoms with Gasteiger partial charge in [-0.05, 0) is 19.9 Å². The first-order valence-electron chi connectivity index (χ1n) is 6.45. The Bertz CT molecular complexity index is 271. The van der Waals surface area contributed by atoms with E-state index in [2.05, 4.69) is 11.8 Å². The Balaban J connectivity index is 2.09. The van der Waals surface area contributed by atoms with Crippen LogP contribution in [0.15, 0.2) is 0 Å². The molecule has 2 heterocycles. The summed E-state index contributed by atoms with van der Waals surface area (Å²) in [7, 11) is 0. The molecule has 0 radical (unpaired) electrons. The predicted molar refractivity (Wildman–Crippen MR) is 62.4 cm³/mol. The van der Waals surface area contributed by atoms with Gasteiger partial charge in [-0.2, -0.15) is 0 Å². The van der Waals surface area contributed by atoms with Gasteiger partial charge < -0.3 is 20.1 Å². The van der Waals surface area contributed by atoms with E-state index < -0.39 is 24.1 Å². The van der Waals surface area contributed by atoms with Crippen molar-refractivity contribution in [3.05, 3.63) is 0 Å². The third-order valence-corrected chi connectivity index (χ3v) is 3.78. The molecule has 0 aromatic heterocycles. The average Bonchev–Trinajstić information content (AvgIpc) is 2.58. The van der Waals surface area contributed by atoms with Crippen LogP contribution in [0.4, 0.5) is 0 Å². The molecule has 2 aliphatic rings. The van der Waals surface area contributed by atoms with Crippen LogP contribution in [0.3, 0.4) is 0 Å². The molecule has 0 saturated carbocycles. The van der Waals surface area contributed by atoms with E-state index in [0.29, 0.717) is 13.0 Å². The monoisotopic (exact) mass is 245 g/mol. The summed E-state index contributed by atoms with van der Waals surface area (Å²) < 4.78 is 5.45. The van der Waals surface area contributed by atoms with Crippen LogP contribution in [0.1, 0.15) is 33.1 Å². The van der Waals surface area contributed by atoms with Gasteiger partial charge in [-0.25, -0.2) is 0 Å². The van der Waals surface area contributed by atoms with Crippen LogP contribution in [0, 0.1) is 0 Å². The van der Waals surface area contributed by atoms with Gasteiger partial charge in [-0.3, -0.25) is 4.90 Å². The topological polar surface area (TPSA) is 73.2 Å². The van der Waals surface area contributed by atoms with E-state index >= 15 is 0 Å². The van der Waals surface area contributed by atoms with E-state index in [0.717, 1.165) is 19.4 Å². The highest BCUT2D eigenvalue weighted by Gasteiger charge is 2.52. The second-order valence-corrected chi connectivity index (χ2v) is 5.44. The fraction of sp³-hybridized carbons (Fsp3) is 1.00. The maximum absolute atomic E-state index is 9.93. The highest BCUT2D eigenvalue weighted by molar-refractivity contribution is 5.01. The van der Waals surface area contributed by atoms with Gasteiger partial charge in [0.15, 0.2) is 5.79 Å². The molecule has 0 unspecified atom stereocenters. The first kappa shape index (κ1) is 13.2. The summed E-state index contributed by atoms with van der Waals surface area (Å²) in [4.78, 5) is 2.13. The van der Waals surface area contributed by atoms with Crippen molar-refractivity contribution in [2.45, 2.75) is 63.3 Å². The van der Waals surface area contributed by atoms with Crippen molar-refractivity contribution in [3.63, 3.8) is 0 Å². The minimum atomic E-state index is -1.19. The zero-order valence-electron chi connectivity index (χ0n) is 10.5. The average molecular weight is 245 g/mol. The molecule has 100 valence electrons. The van der Waals surface area contributed by atoms with E-state index in [1.807, 2.05) is 0 Å². The Morgan fingerprint density at radius 1 is 1.41 bits per heavy atom. The molecule has 5 heteroatoms. The summed E-state index contributed by atoms with van der Waals surface area (Å²) in [6, 6.07) is 0.00921. The van der Waals surface area contributed by atoms with Crippen molar-refractivity contribution in [2.75, 3.05) is 13.1 Å². The quantitative estimate of drug-likeness (QED) is 0.636.